The Morgan fingerprint density at radius 1 is 1.40 bits per heavy atom. The van der Waals surface area contributed by atoms with Gasteiger partial charge in [0, 0.05) is 6.54 Å². The number of carbonyl (C=O) groups is 1. The molecule has 1 aromatic rings. The average Bonchev–Trinajstić information content (AvgIpc) is 2.47. The Morgan fingerprint density at radius 2 is 2.10 bits per heavy atom. The summed E-state index contributed by atoms with van der Waals surface area (Å²) in [4.78, 5) is 19.8. The van der Waals surface area contributed by atoms with Crippen LogP contribution in [-0.2, 0) is 4.79 Å². The van der Waals surface area contributed by atoms with E-state index in [2.05, 4.69) is 15.3 Å². The van der Waals surface area contributed by atoms with Gasteiger partial charge in [0.25, 0.3) is 0 Å². The molecule has 1 aromatic heterocycles. The topological polar surface area (TPSA) is 84.3 Å². The molecule has 6 nitrogen and oxygen atoms in total. The zero-order valence-electron chi connectivity index (χ0n) is 12.0. The highest BCUT2D eigenvalue weighted by Gasteiger charge is 2.39. The summed E-state index contributed by atoms with van der Waals surface area (Å²) in [5, 5.41) is 12.7. The van der Waals surface area contributed by atoms with E-state index >= 15 is 0 Å². The van der Waals surface area contributed by atoms with Crippen molar-refractivity contribution in [3.8, 4) is 5.88 Å². The summed E-state index contributed by atoms with van der Waals surface area (Å²) in [5.41, 5.74) is 0.120. The number of nitrogens with zero attached hydrogens (tertiary/aromatic N) is 2. The summed E-state index contributed by atoms with van der Waals surface area (Å²) in [6.07, 6.45) is 5.92. The van der Waals surface area contributed by atoms with Gasteiger partial charge in [-0.1, -0.05) is 19.3 Å². The minimum absolute atomic E-state index is 0.392. The summed E-state index contributed by atoms with van der Waals surface area (Å²) in [6, 6.07) is 0. The van der Waals surface area contributed by atoms with Crippen LogP contribution in [0.1, 0.15) is 37.7 Å². The number of ether oxygens (including phenoxy) is 1. The molecule has 1 aliphatic carbocycles. The second-order valence-corrected chi connectivity index (χ2v) is 5.36. The first-order valence-electron chi connectivity index (χ1n) is 6.92. The van der Waals surface area contributed by atoms with Crippen LogP contribution >= 0.6 is 0 Å². The van der Waals surface area contributed by atoms with Crippen LogP contribution in [0, 0.1) is 12.3 Å². The third-order valence-electron chi connectivity index (χ3n) is 4.09. The van der Waals surface area contributed by atoms with E-state index in [9.17, 15) is 9.90 Å². The molecular formula is C14H21N3O3. The number of methoxy groups -OCH3 is 1. The number of rotatable bonds is 5. The highest BCUT2D eigenvalue weighted by atomic mass is 16.5. The maximum Gasteiger partial charge on any atom is 0.311 e. The standard InChI is InChI=1S/C14H21N3O3/c1-10-11(16-9-17-12(10)20-2)15-8-14(13(18)19)6-4-3-5-7-14/h9H,3-8H2,1-2H3,(H,18,19)(H,15,16,17). The summed E-state index contributed by atoms with van der Waals surface area (Å²) in [6.45, 7) is 2.25. The summed E-state index contributed by atoms with van der Waals surface area (Å²) in [7, 11) is 1.55. The van der Waals surface area contributed by atoms with Gasteiger partial charge < -0.3 is 15.2 Å². The first-order valence-corrected chi connectivity index (χ1v) is 6.92. The molecule has 0 amide bonds. The van der Waals surface area contributed by atoms with Gasteiger partial charge >= 0.3 is 5.97 Å². The molecule has 1 fully saturated rings. The highest BCUT2D eigenvalue weighted by Crippen LogP contribution is 2.37. The maximum absolute atomic E-state index is 11.6. The summed E-state index contributed by atoms with van der Waals surface area (Å²) in [5.74, 6) is 0.432. The van der Waals surface area contributed by atoms with E-state index in [4.69, 9.17) is 4.74 Å². The minimum atomic E-state index is -0.719. The average molecular weight is 279 g/mol. The van der Waals surface area contributed by atoms with Crippen molar-refractivity contribution in [3.63, 3.8) is 0 Å². The van der Waals surface area contributed by atoms with Crippen LogP contribution in [0.5, 0.6) is 5.88 Å². The molecule has 1 saturated carbocycles. The SMILES string of the molecule is COc1ncnc(NCC2(C(=O)O)CCCCC2)c1C. The molecule has 0 saturated heterocycles. The normalized spacial score (nSPS) is 17.5. The van der Waals surface area contributed by atoms with Crippen LogP contribution < -0.4 is 10.1 Å². The van der Waals surface area contributed by atoms with Crippen molar-refractivity contribution in [1.29, 1.82) is 0 Å². The van der Waals surface area contributed by atoms with Gasteiger partial charge in [-0.3, -0.25) is 4.79 Å². The van der Waals surface area contributed by atoms with Gasteiger partial charge in [-0.05, 0) is 19.8 Å². The Morgan fingerprint density at radius 3 is 2.70 bits per heavy atom. The number of anilines is 1. The number of carboxylic acid groups (broad SMARTS) is 1. The predicted octanol–water partition coefficient (Wildman–Crippen LogP) is 2.24. The molecule has 0 unspecified atom stereocenters. The smallest absolute Gasteiger partial charge is 0.311 e. The molecule has 0 aromatic carbocycles. The van der Waals surface area contributed by atoms with Crippen LogP contribution in [0.15, 0.2) is 6.33 Å². The molecule has 0 radical (unpaired) electrons. The summed E-state index contributed by atoms with van der Waals surface area (Å²) >= 11 is 0. The highest BCUT2D eigenvalue weighted by molar-refractivity contribution is 5.75. The zero-order chi connectivity index (χ0) is 14.6. The third kappa shape index (κ3) is 2.84. The fourth-order valence-electron chi connectivity index (χ4n) is 2.77. The largest absolute Gasteiger partial charge is 0.481 e. The van der Waals surface area contributed by atoms with Crippen molar-refractivity contribution in [3.05, 3.63) is 11.9 Å². The minimum Gasteiger partial charge on any atom is -0.481 e. The van der Waals surface area contributed by atoms with E-state index in [0.717, 1.165) is 37.7 Å². The molecule has 6 heteroatoms. The molecule has 110 valence electrons. The van der Waals surface area contributed by atoms with E-state index in [0.29, 0.717) is 18.2 Å². The molecule has 0 atom stereocenters. The Labute approximate surface area is 118 Å². The van der Waals surface area contributed by atoms with Crippen molar-refractivity contribution in [2.75, 3.05) is 19.0 Å². The molecule has 2 rings (SSSR count). The molecule has 0 spiro atoms. The monoisotopic (exact) mass is 279 g/mol. The number of hydrogen-bond acceptors (Lipinski definition) is 5. The number of hydrogen-bond donors (Lipinski definition) is 2. The molecule has 1 heterocycles. The van der Waals surface area contributed by atoms with Crippen molar-refractivity contribution < 1.29 is 14.6 Å². The lowest BCUT2D eigenvalue weighted by Crippen LogP contribution is -2.39. The lowest BCUT2D eigenvalue weighted by atomic mass is 9.74. The van der Waals surface area contributed by atoms with Crippen molar-refractivity contribution in [2.45, 2.75) is 39.0 Å². The Kier molecular flexibility index (Phi) is 4.42. The van der Waals surface area contributed by atoms with Gasteiger partial charge in [0.05, 0.1) is 18.1 Å². The van der Waals surface area contributed by atoms with Crippen LogP contribution in [0.3, 0.4) is 0 Å². The van der Waals surface area contributed by atoms with Crippen molar-refractivity contribution >= 4 is 11.8 Å². The van der Waals surface area contributed by atoms with Gasteiger partial charge in [-0.2, -0.15) is 0 Å². The van der Waals surface area contributed by atoms with Crippen LogP contribution in [-0.4, -0.2) is 34.7 Å². The second kappa shape index (κ2) is 6.07. The van der Waals surface area contributed by atoms with E-state index < -0.39 is 11.4 Å². The number of aromatic nitrogens is 2. The van der Waals surface area contributed by atoms with Gasteiger partial charge in [-0.25, -0.2) is 9.97 Å². The summed E-state index contributed by atoms with van der Waals surface area (Å²) < 4.78 is 5.14. The Hall–Kier alpha value is -1.85. The molecule has 1 aliphatic rings. The van der Waals surface area contributed by atoms with Crippen molar-refractivity contribution in [2.24, 2.45) is 5.41 Å². The second-order valence-electron chi connectivity index (χ2n) is 5.36. The number of aliphatic carboxylic acids is 1. The molecule has 20 heavy (non-hydrogen) atoms. The van der Waals surface area contributed by atoms with Gasteiger partial charge in [0.2, 0.25) is 5.88 Å². The van der Waals surface area contributed by atoms with Crippen LogP contribution in [0.25, 0.3) is 0 Å². The molecular weight excluding hydrogens is 258 g/mol. The first-order chi connectivity index (χ1) is 9.59. The lowest BCUT2D eigenvalue weighted by Gasteiger charge is -2.33. The van der Waals surface area contributed by atoms with Gasteiger partial charge in [0.1, 0.15) is 12.1 Å². The lowest BCUT2D eigenvalue weighted by molar-refractivity contribution is -0.150. The first kappa shape index (κ1) is 14.6. The third-order valence-corrected chi connectivity index (χ3v) is 4.09. The fraction of sp³-hybridized carbons (Fsp3) is 0.643. The number of nitrogens with one attached hydrogen (secondary N) is 1. The molecule has 0 bridgehead atoms. The van der Waals surface area contributed by atoms with Crippen LogP contribution in [0.4, 0.5) is 5.82 Å². The predicted molar refractivity (Wildman–Crippen MR) is 75.0 cm³/mol. The Bertz CT molecular complexity index is 485. The zero-order valence-corrected chi connectivity index (χ0v) is 12.0. The fourth-order valence-corrected chi connectivity index (χ4v) is 2.77. The van der Waals surface area contributed by atoms with E-state index in [1.54, 1.807) is 7.11 Å². The number of carboxylic acids is 1. The van der Waals surface area contributed by atoms with Gasteiger partial charge in [0.15, 0.2) is 0 Å². The van der Waals surface area contributed by atoms with E-state index in [-0.39, 0.29) is 0 Å². The Balaban J connectivity index is 2.12. The van der Waals surface area contributed by atoms with Gasteiger partial charge in [-0.15, -0.1) is 0 Å². The van der Waals surface area contributed by atoms with Crippen molar-refractivity contribution in [1.82, 2.24) is 9.97 Å². The van der Waals surface area contributed by atoms with E-state index in [1.165, 1.54) is 6.33 Å². The quantitative estimate of drug-likeness (QED) is 0.860. The maximum atomic E-state index is 11.6. The molecule has 2 N–H and O–H groups in total. The van der Waals surface area contributed by atoms with E-state index in [1.807, 2.05) is 6.92 Å². The van der Waals surface area contributed by atoms with Crippen LogP contribution in [0.2, 0.25) is 0 Å². The molecule has 0 aliphatic heterocycles.